The zero-order valence-electron chi connectivity index (χ0n) is 12.7. The van der Waals surface area contributed by atoms with Gasteiger partial charge in [-0.25, -0.2) is 0 Å². The number of carboxylic acid groups (broad SMARTS) is 1. The molecule has 0 saturated heterocycles. The van der Waals surface area contributed by atoms with Crippen molar-refractivity contribution in [2.75, 3.05) is 0 Å². The quantitative estimate of drug-likeness (QED) is 0.621. The highest BCUT2D eigenvalue weighted by Gasteiger charge is 2.29. The number of carboxylic acids is 1. The van der Waals surface area contributed by atoms with Gasteiger partial charge in [0.2, 0.25) is 5.91 Å². The van der Waals surface area contributed by atoms with Crippen LogP contribution in [-0.2, 0) is 16.1 Å². The number of nitrogens with one attached hydrogen (secondary N) is 1. The van der Waals surface area contributed by atoms with Crippen molar-refractivity contribution in [3.8, 4) is 0 Å². The van der Waals surface area contributed by atoms with Gasteiger partial charge in [0.1, 0.15) is 18.9 Å². The van der Waals surface area contributed by atoms with Gasteiger partial charge in [-0.2, -0.15) is 5.10 Å². The van der Waals surface area contributed by atoms with E-state index in [4.69, 9.17) is 0 Å². The van der Waals surface area contributed by atoms with E-state index < -0.39 is 22.9 Å². The van der Waals surface area contributed by atoms with Crippen molar-refractivity contribution in [2.45, 2.75) is 51.1 Å². The first kappa shape index (κ1) is 16.9. The molecule has 0 spiro atoms. The molecule has 9 heteroatoms. The number of aliphatic carboxylic acids is 1. The van der Waals surface area contributed by atoms with Crippen LogP contribution in [0.5, 0.6) is 0 Å². The van der Waals surface area contributed by atoms with Gasteiger partial charge in [0.05, 0.1) is 10.8 Å². The molecule has 0 radical (unpaired) electrons. The molecular weight excluding hydrogens is 304 g/mol. The molecule has 1 aliphatic rings. The third kappa shape index (κ3) is 4.76. The van der Waals surface area contributed by atoms with Gasteiger partial charge in [0.25, 0.3) is 0 Å². The summed E-state index contributed by atoms with van der Waals surface area (Å²) in [5, 5.41) is 26.5. The molecule has 2 rings (SSSR count). The number of hydrogen-bond acceptors (Lipinski definition) is 5. The maximum absolute atomic E-state index is 12.1. The summed E-state index contributed by atoms with van der Waals surface area (Å²) >= 11 is 0. The summed E-state index contributed by atoms with van der Waals surface area (Å²) in [5.41, 5.74) is -0.188. The lowest BCUT2D eigenvalue weighted by molar-refractivity contribution is -0.385. The van der Waals surface area contributed by atoms with Gasteiger partial charge >= 0.3 is 11.7 Å². The molecule has 0 aromatic carbocycles. The molecule has 1 aliphatic carbocycles. The molecule has 1 amide bonds. The molecule has 1 saturated carbocycles. The van der Waals surface area contributed by atoms with Crippen LogP contribution in [0.2, 0.25) is 0 Å². The first-order valence-corrected chi connectivity index (χ1v) is 7.66. The standard InChI is InChI=1S/C14H20N4O5/c19-13(9-17-8-10(7-15-17)18(22)23)16-12-6-4-2-1-3-5-11(12)14(20)21/h7-8,11-12H,1-6,9H2,(H,16,19)(H,20,21). The van der Waals surface area contributed by atoms with Crippen molar-refractivity contribution < 1.29 is 19.6 Å². The zero-order valence-corrected chi connectivity index (χ0v) is 12.7. The van der Waals surface area contributed by atoms with Crippen molar-refractivity contribution >= 4 is 17.6 Å². The number of rotatable bonds is 5. The number of nitro groups is 1. The van der Waals surface area contributed by atoms with Gasteiger partial charge in [0, 0.05) is 6.04 Å². The summed E-state index contributed by atoms with van der Waals surface area (Å²) in [6, 6.07) is -0.411. The van der Waals surface area contributed by atoms with Crippen molar-refractivity contribution in [3.63, 3.8) is 0 Å². The van der Waals surface area contributed by atoms with E-state index >= 15 is 0 Å². The van der Waals surface area contributed by atoms with Gasteiger partial charge in [-0.15, -0.1) is 0 Å². The summed E-state index contributed by atoms with van der Waals surface area (Å²) in [6.45, 7) is -0.170. The Balaban J connectivity index is 1.97. The molecule has 126 valence electrons. The molecule has 2 atom stereocenters. The third-order valence-electron chi connectivity index (χ3n) is 4.07. The molecule has 1 fully saturated rings. The van der Waals surface area contributed by atoms with Crippen molar-refractivity contribution in [1.29, 1.82) is 0 Å². The van der Waals surface area contributed by atoms with Crippen molar-refractivity contribution in [2.24, 2.45) is 5.92 Å². The Labute approximate surface area is 132 Å². The smallest absolute Gasteiger partial charge is 0.308 e. The summed E-state index contributed by atoms with van der Waals surface area (Å²) < 4.78 is 1.17. The van der Waals surface area contributed by atoms with E-state index in [9.17, 15) is 24.8 Å². The van der Waals surface area contributed by atoms with Crippen LogP contribution in [0.15, 0.2) is 12.4 Å². The summed E-state index contributed by atoms with van der Waals surface area (Å²) in [6.07, 6.45) is 7.19. The van der Waals surface area contributed by atoms with E-state index in [1.54, 1.807) is 0 Å². The van der Waals surface area contributed by atoms with Crippen LogP contribution in [0.3, 0.4) is 0 Å². The van der Waals surface area contributed by atoms with Crippen LogP contribution in [0.25, 0.3) is 0 Å². The highest BCUT2D eigenvalue weighted by Crippen LogP contribution is 2.23. The van der Waals surface area contributed by atoms with Crippen LogP contribution in [0.1, 0.15) is 38.5 Å². The molecule has 2 unspecified atom stereocenters. The second-order valence-electron chi connectivity index (χ2n) is 5.76. The van der Waals surface area contributed by atoms with E-state index in [1.807, 2.05) is 0 Å². The zero-order chi connectivity index (χ0) is 16.8. The molecule has 9 nitrogen and oxygen atoms in total. The van der Waals surface area contributed by atoms with Crippen LogP contribution in [-0.4, -0.2) is 37.7 Å². The van der Waals surface area contributed by atoms with Crippen LogP contribution in [0.4, 0.5) is 5.69 Å². The molecule has 1 aromatic heterocycles. The minimum absolute atomic E-state index is 0.170. The fraction of sp³-hybridized carbons (Fsp3) is 0.643. The number of carbonyl (C=O) groups excluding carboxylic acids is 1. The summed E-state index contributed by atoms with van der Waals surface area (Å²) in [5.74, 6) is -1.88. The van der Waals surface area contributed by atoms with Gasteiger partial charge in [0.15, 0.2) is 0 Å². The van der Waals surface area contributed by atoms with Crippen molar-refractivity contribution in [3.05, 3.63) is 22.5 Å². The molecule has 1 aromatic rings. The second kappa shape index (κ2) is 7.70. The SMILES string of the molecule is O=C(Cn1cc([N+](=O)[O-])cn1)NC1CCCCCCC1C(=O)O. The minimum atomic E-state index is -0.896. The summed E-state index contributed by atoms with van der Waals surface area (Å²) in [4.78, 5) is 33.5. The maximum atomic E-state index is 12.1. The van der Waals surface area contributed by atoms with Gasteiger partial charge in [-0.05, 0) is 12.8 Å². The topological polar surface area (TPSA) is 127 Å². The first-order valence-electron chi connectivity index (χ1n) is 7.66. The van der Waals surface area contributed by atoms with Crippen LogP contribution >= 0.6 is 0 Å². The molecule has 23 heavy (non-hydrogen) atoms. The Morgan fingerprint density at radius 3 is 2.65 bits per heavy atom. The van der Waals surface area contributed by atoms with E-state index in [2.05, 4.69) is 10.4 Å². The van der Waals surface area contributed by atoms with E-state index in [-0.39, 0.29) is 18.1 Å². The highest BCUT2D eigenvalue weighted by atomic mass is 16.6. The lowest BCUT2D eigenvalue weighted by atomic mass is 9.87. The number of aromatic nitrogens is 2. The van der Waals surface area contributed by atoms with E-state index in [1.165, 1.54) is 10.9 Å². The third-order valence-corrected chi connectivity index (χ3v) is 4.07. The first-order chi connectivity index (χ1) is 11.0. The lowest BCUT2D eigenvalue weighted by Gasteiger charge is -2.27. The normalized spacial score (nSPS) is 21.9. The fourth-order valence-electron chi connectivity index (χ4n) is 2.89. The average Bonchev–Trinajstić information content (AvgIpc) is 2.90. The molecule has 0 aliphatic heterocycles. The predicted octanol–water partition coefficient (Wildman–Crippen LogP) is 1.33. The number of carbonyl (C=O) groups is 2. The Bertz CT molecular complexity index is 585. The van der Waals surface area contributed by atoms with Crippen LogP contribution in [0, 0.1) is 16.0 Å². The Kier molecular flexibility index (Phi) is 5.67. The molecule has 1 heterocycles. The Morgan fingerprint density at radius 2 is 2.04 bits per heavy atom. The predicted molar refractivity (Wildman–Crippen MR) is 79.6 cm³/mol. The molecule has 0 bridgehead atoms. The van der Waals surface area contributed by atoms with E-state index in [0.29, 0.717) is 12.8 Å². The number of amides is 1. The minimum Gasteiger partial charge on any atom is -0.481 e. The lowest BCUT2D eigenvalue weighted by Crippen LogP contribution is -2.45. The fourth-order valence-corrected chi connectivity index (χ4v) is 2.89. The monoisotopic (exact) mass is 324 g/mol. The van der Waals surface area contributed by atoms with Crippen LogP contribution < -0.4 is 5.32 Å². The van der Waals surface area contributed by atoms with Crippen molar-refractivity contribution in [1.82, 2.24) is 15.1 Å². The second-order valence-corrected chi connectivity index (χ2v) is 5.76. The molecular formula is C14H20N4O5. The Hall–Kier alpha value is -2.45. The van der Waals surface area contributed by atoms with Gasteiger partial charge in [-0.3, -0.25) is 24.4 Å². The number of nitrogens with zero attached hydrogens (tertiary/aromatic N) is 3. The Morgan fingerprint density at radius 1 is 1.35 bits per heavy atom. The highest BCUT2D eigenvalue weighted by molar-refractivity contribution is 5.78. The van der Waals surface area contributed by atoms with Gasteiger partial charge in [-0.1, -0.05) is 25.7 Å². The maximum Gasteiger partial charge on any atom is 0.308 e. The summed E-state index contributed by atoms with van der Waals surface area (Å²) in [7, 11) is 0. The molecule has 2 N–H and O–H groups in total. The largest absolute Gasteiger partial charge is 0.481 e. The number of hydrogen-bond donors (Lipinski definition) is 2. The average molecular weight is 324 g/mol. The van der Waals surface area contributed by atoms with E-state index in [0.717, 1.165) is 31.9 Å². The van der Waals surface area contributed by atoms with Gasteiger partial charge < -0.3 is 10.4 Å².